The molecule has 1 fully saturated rings. The third kappa shape index (κ3) is 2.64. The monoisotopic (exact) mass is 239 g/mol. The Bertz CT molecular complexity index is 321. The number of hydrogen-bond donors (Lipinski definition) is 1. The van der Waals surface area contributed by atoms with E-state index in [9.17, 15) is 0 Å². The Morgan fingerprint density at radius 3 is 3.00 bits per heavy atom. The molecular weight excluding hydrogens is 218 g/mol. The zero-order chi connectivity index (χ0) is 11.6. The molecule has 2 unspecified atom stereocenters. The van der Waals surface area contributed by atoms with Gasteiger partial charge in [0.15, 0.2) is 0 Å². The first-order chi connectivity index (χ1) is 7.59. The maximum atomic E-state index is 5.44. The molecule has 1 N–H and O–H groups in total. The first-order valence-electron chi connectivity index (χ1n) is 5.97. The predicted molar refractivity (Wildman–Crippen MR) is 69.8 cm³/mol. The summed E-state index contributed by atoms with van der Waals surface area (Å²) in [4.78, 5) is 0. The highest BCUT2D eigenvalue weighted by molar-refractivity contribution is 7.99. The van der Waals surface area contributed by atoms with Crippen LogP contribution in [0, 0.1) is 5.41 Å². The fourth-order valence-electron chi connectivity index (χ4n) is 2.13. The largest absolute Gasteiger partial charge is 0.468 e. The van der Waals surface area contributed by atoms with Gasteiger partial charge in [-0.2, -0.15) is 11.8 Å². The summed E-state index contributed by atoms with van der Waals surface area (Å²) in [6.07, 6.45) is 3.04. The van der Waals surface area contributed by atoms with Gasteiger partial charge in [-0.05, 0) is 36.6 Å². The number of rotatable bonds is 3. The molecule has 2 rings (SSSR count). The van der Waals surface area contributed by atoms with E-state index in [1.54, 1.807) is 6.26 Å². The van der Waals surface area contributed by atoms with Crippen molar-refractivity contribution >= 4 is 11.8 Å². The fraction of sp³-hybridized carbons (Fsp3) is 0.692. The molecular formula is C13H21NOS. The van der Waals surface area contributed by atoms with Gasteiger partial charge in [-0.15, -0.1) is 0 Å². The first kappa shape index (κ1) is 12.1. The van der Waals surface area contributed by atoms with Crippen LogP contribution in [-0.2, 0) is 0 Å². The van der Waals surface area contributed by atoms with Crippen molar-refractivity contribution in [1.82, 2.24) is 5.32 Å². The molecule has 1 aliphatic heterocycles. The molecule has 0 spiro atoms. The second-order valence-electron chi connectivity index (χ2n) is 5.27. The lowest BCUT2D eigenvalue weighted by Gasteiger charge is -2.40. The normalized spacial score (nSPS) is 26.6. The average Bonchev–Trinajstić information content (AvgIpc) is 2.74. The molecule has 16 heavy (non-hydrogen) atoms. The molecule has 0 saturated carbocycles. The minimum Gasteiger partial charge on any atom is -0.468 e. The summed E-state index contributed by atoms with van der Waals surface area (Å²) in [6.45, 7) is 6.90. The van der Waals surface area contributed by atoms with E-state index in [-0.39, 0.29) is 0 Å². The molecule has 0 aliphatic carbocycles. The van der Waals surface area contributed by atoms with Gasteiger partial charge in [0.1, 0.15) is 5.76 Å². The Morgan fingerprint density at radius 1 is 1.56 bits per heavy atom. The van der Waals surface area contributed by atoms with E-state index in [4.69, 9.17) is 4.42 Å². The Morgan fingerprint density at radius 2 is 2.38 bits per heavy atom. The van der Waals surface area contributed by atoms with Gasteiger partial charge in [0, 0.05) is 11.8 Å². The van der Waals surface area contributed by atoms with Crippen molar-refractivity contribution < 1.29 is 4.42 Å². The molecule has 1 aromatic heterocycles. The molecule has 0 aromatic carbocycles. The van der Waals surface area contributed by atoms with Crippen LogP contribution < -0.4 is 5.32 Å². The lowest BCUT2D eigenvalue weighted by Crippen LogP contribution is -2.47. The highest BCUT2D eigenvalue weighted by Crippen LogP contribution is 2.35. The summed E-state index contributed by atoms with van der Waals surface area (Å²) in [5.74, 6) is 3.53. The molecule has 1 aromatic rings. The lowest BCUT2D eigenvalue weighted by molar-refractivity contribution is 0.224. The maximum absolute atomic E-state index is 5.44. The van der Waals surface area contributed by atoms with Crippen molar-refractivity contribution in [2.75, 3.05) is 11.5 Å². The lowest BCUT2D eigenvalue weighted by atomic mass is 9.82. The Hall–Kier alpha value is -0.410. The van der Waals surface area contributed by atoms with Crippen LogP contribution in [0.2, 0.25) is 0 Å². The van der Waals surface area contributed by atoms with Crippen LogP contribution in [-0.4, -0.2) is 17.5 Å². The van der Waals surface area contributed by atoms with Crippen LogP contribution in [0.25, 0.3) is 0 Å². The molecule has 0 radical (unpaired) electrons. The second kappa shape index (κ2) is 4.84. The van der Waals surface area contributed by atoms with Crippen LogP contribution in [0.3, 0.4) is 0 Å². The van der Waals surface area contributed by atoms with Crippen LogP contribution in [0.5, 0.6) is 0 Å². The van der Waals surface area contributed by atoms with Crippen LogP contribution in [0.4, 0.5) is 0 Å². The topological polar surface area (TPSA) is 25.2 Å². The van der Waals surface area contributed by atoms with E-state index in [0.717, 1.165) is 5.76 Å². The van der Waals surface area contributed by atoms with Gasteiger partial charge in [0.2, 0.25) is 0 Å². The number of furan rings is 1. The Kier molecular flexibility index (Phi) is 3.65. The smallest absolute Gasteiger partial charge is 0.120 e. The third-order valence-electron chi connectivity index (χ3n) is 3.54. The summed E-state index contributed by atoms with van der Waals surface area (Å²) in [5.41, 5.74) is 0.395. The summed E-state index contributed by atoms with van der Waals surface area (Å²) in [5, 5.41) is 3.70. The van der Waals surface area contributed by atoms with E-state index in [2.05, 4.69) is 37.8 Å². The third-order valence-corrected chi connectivity index (χ3v) is 4.60. The van der Waals surface area contributed by atoms with Crippen molar-refractivity contribution in [2.24, 2.45) is 5.41 Å². The van der Waals surface area contributed by atoms with Crippen molar-refractivity contribution in [3.05, 3.63) is 24.2 Å². The SMILES string of the molecule is CC(NC1CSCCC1(C)C)c1ccco1. The van der Waals surface area contributed by atoms with Crippen molar-refractivity contribution in [1.29, 1.82) is 0 Å². The Labute approximate surface area is 102 Å². The molecule has 1 saturated heterocycles. The van der Waals surface area contributed by atoms with Crippen LogP contribution in [0.1, 0.15) is 39.0 Å². The summed E-state index contributed by atoms with van der Waals surface area (Å²) < 4.78 is 5.44. The van der Waals surface area contributed by atoms with Crippen molar-refractivity contribution in [3.63, 3.8) is 0 Å². The molecule has 90 valence electrons. The van der Waals surface area contributed by atoms with E-state index in [1.165, 1.54) is 17.9 Å². The van der Waals surface area contributed by atoms with E-state index in [0.29, 0.717) is 17.5 Å². The minimum atomic E-state index is 0.304. The van der Waals surface area contributed by atoms with Crippen molar-refractivity contribution in [3.8, 4) is 0 Å². The van der Waals surface area contributed by atoms with Gasteiger partial charge in [0.25, 0.3) is 0 Å². The standard InChI is InChI=1S/C13H21NOS/c1-10(11-5-4-7-15-11)14-12-9-16-8-6-13(12,2)3/h4-5,7,10,12,14H,6,8-9H2,1-3H3. The molecule has 3 heteroatoms. The Balaban J connectivity index is 1.98. The quantitative estimate of drug-likeness (QED) is 0.874. The molecule has 2 heterocycles. The minimum absolute atomic E-state index is 0.304. The summed E-state index contributed by atoms with van der Waals surface area (Å²) >= 11 is 2.05. The average molecular weight is 239 g/mol. The van der Waals surface area contributed by atoms with Gasteiger partial charge in [-0.25, -0.2) is 0 Å². The van der Waals surface area contributed by atoms with Gasteiger partial charge >= 0.3 is 0 Å². The second-order valence-corrected chi connectivity index (χ2v) is 6.42. The number of nitrogens with one attached hydrogen (secondary N) is 1. The maximum Gasteiger partial charge on any atom is 0.120 e. The van der Waals surface area contributed by atoms with Crippen LogP contribution >= 0.6 is 11.8 Å². The van der Waals surface area contributed by atoms with Crippen molar-refractivity contribution in [2.45, 2.75) is 39.3 Å². The van der Waals surface area contributed by atoms with Gasteiger partial charge in [-0.1, -0.05) is 13.8 Å². The van der Waals surface area contributed by atoms with E-state index in [1.807, 2.05) is 12.1 Å². The zero-order valence-electron chi connectivity index (χ0n) is 10.3. The molecule has 1 aliphatic rings. The van der Waals surface area contributed by atoms with E-state index < -0.39 is 0 Å². The zero-order valence-corrected chi connectivity index (χ0v) is 11.1. The molecule has 0 amide bonds. The number of thioether (sulfide) groups is 1. The highest BCUT2D eigenvalue weighted by Gasteiger charge is 2.33. The number of hydrogen-bond acceptors (Lipinski definition) is 3. The summed E-state index contributed by atoms with van der Waals surface area (Å²) in [6, 6.07) is 4.87. The van der Waals surface area contributed by atoms with Crippen LogP contribution in [0.15, 0.2) is 22.8 Å². The predicted octanol–water partition coefficient (Wildman–Crippen LogP) is 3.46. The van der Waals surface area contributed by atoms with Gasteiger partial charge in [-0.3, -0.25) is 0 Å². The summed E-state index contributed by atoms with van der Waals surface area (Å²) in [7, 11) is 0. The van der Waals surface area contributed by atoms with E-state index >= 15 is 0 Å². The van der Waals surface area contributed by atoms with Gasteiger partial charge in [0.05, 0.1) is 12.3 Å². The molecule has 2 nitrogen and oxygen atoms in total. The first-order valence-corrected chi connectivity index (χ1v) is 7.12. The highest BCUT2D eigenvalue weighted by atomic mass is 32.2. The molecule has 2 atom stereocenters. The molecule has 0 bridgehead atoms. The fourth-order valence-corrected chi connectivity index (χ4v) is 3.75. The van der Waals surface area contributed by atoms with Gasteiger partial charge < -0.3 is 9.73 Å².